The fraction of sp³-hybridized carbons (Fsp3) is 0.222. The first-order chi connectivity index (χ1) is 15.8. The van der Waals surface area contributed by atoms with Crippen LogP contribution in [0.4, 0.5) is 0 Å². The van der Waals surface area contributed by atoms with Crippen molar-refractivity contribution in [3.8, 4) is 0 Å². The van der Waals surface area contributed by atoms with E-state index in [1.807, 2.05) is 48.5 Å². The topological polar surface area (TPSA) is 68.6 Å². The van der Waals surface area contributed by atoms with Crippen LogP contribution < -0.4 is 0 Å². The third-order valence-electron chi connectivity index (χ3n) is 5.85. The number of nitrogens with zero attached hydrogens (tertiary/aromatic N) is 4. The average molecular weight is 423 g/mol. The van der Waals surface area contributed by atoms with E-state index in [1.54, 1.807) is 49.6 Å². The Morgan fingerprint density at radius 1 is 0.531 bits per heavy atom. The molecule has 0 amide bonds. The summed E-state index contributed by atoms with van der Waals surface area (Å²) in [5.74, 6) is -0.172. The molecule has 0 fully saturated rings. The first-order valence-electron chi connectivity index (χ1n) is 10.9. The summed E-state index contributed by atoms with van der Waals surface area (Å²) in [5.41, 5.74) is 4.40. The zero-order valence-electron chi connectivity index (χ0n) is 17.9. The number of aryl methyl sites for hydroxylation is 2. The molecule has 0 aromatic carbocycles. The highest BCUT2D eigenvalue weighted by atomic mass is 16.1. The largest absolute Gasteiger partial charge is 0.298 e. The Hall–Kier alpha value is -3.73. The maximum absolute atomic E-state index is 14.0. The van der Waals surface area contributed by atoms with Gasteiger partial charge in [-0.1, -0.05) is 0 Å². The smallest absolute Gasteiger partial charge is 0.147 e. The summed E-state index contributed by atoms with van der Waals surface area (Å²) in [6.45, 7) is 0. The molecule has 2 atom stereocenters. The van der Waals surface area contributed by atoms with E-state index in [4.69, 9.17) is 0 Å². The van der Waals surface area contributed by atoms with Crippen LogP contribution in [0.5, 0.6) is 0 Å². The molecule has 5 heteroatoms. The van der Waals surface area contributed by atoms with E-state index in [1.165, 1.54) is 11.1 Å². The molecule has 0 saturated carbocycles. The molecule has 0 aliphatic heterocycles. The molecule has 0 aliphatic carbocycles. The Bertz CT molecular complexity index is 1000. The molecule has 4 aromatic heterocycles. The second kappa shape index (κ2) is 11.0. The van der Waals surface area contributed by atoms with E-state index in [2.05, 4.69) is 19.9 Å². The lowest BCUT2D eigenvalue weighted by Gasteiger charge is -2.23. The van der Waals surface area contributed by atoms with E-state index in [0.29, 0.717) is 0 Å². The Kier molecular flexibility index (Phi) is 7.42. The Balaban J connectivity index is 1.60. The van der Waals surface area contributed by atoms with Gasteiger partial charge in [-0.3, -0.25) is 24.7 Å². The van der Waals surface area contributed by atoms with Gasteiger partial charge in [0.25, 0.3) is 0 Å². The number of Topliss-reactive ketones (excluding diaryl/α,β-unsaturated/α-hetero) is 1. The molecule has 2 unspecified atom stereocenters. The quantitative estimate of drug-likeness (QED) is 0.361. The van der Waals surface area contributed by atoms with Crippen LogP contribution in [0, 0.1) is 0 Å². The molecule has 0 bridgehead atoms. The molecule has 0 N–H and O–H groups in total. The summed E-state index contributed by atoms with van der Waals surface area (Å²) in [6.07, 6.45) is 17.4. The van der Waals surface area contributed by atoms with Gasteiger partial charge < -0.3 is 0 Å². The highest BCUT2D eigenvalue weighted by molar-refractivity contribution is 5.91. The second-order valence-corrected chi connectivity index (χ2v) is 7.86. The fourth-order valence-corrected chi connectivity index (χ4v) is 4.10. The molecule has 0 radical (unpaired) electrons. The van der Waals surface area contributed by atoms with Gasteiger partial charge >= 0.3 is 0 Å². The second-order valence-electron chi connectivity index (χ2n) is 7.86. The van der Waals surface area contributed by atoms with Gasteiger partial charge in [-0.2, -0.15) is 0 Å². The minimum absolute atomic E-state index is 0.207. The van der Waals surface area contributed by atoms with Gasteiger partial charge in [-0.05, 0) is 96.5 Å². The van der Waals surface area contributed by atoms with Gasteiger partial charge in [0, 0.05) is 61.4 Å². The molecule has 32 heavy (non-hydrogen) atoms. The molecule has 4 aromatic rings. The molecule has 4 heterocycles. The Morgan fingerprint density at radius 3 is 1.19 bits per heavy atom. The van der Waals surface area contributed by atoms with E-state index in [0.717, 1.165) is 36.8 Å². The summed E-state index contributed by atoms with van der Waals surface area (Å²) in [5, 5.41) is 0. The maximum atomic E-state index is 14.0. The molecule has 0 spiro atoms. The predicted molar refractivity (Wildman–Crippen MR) is 124 cm³/mol. The van der Waals surface area contributed by atoms with E-state index in [9.17, 15) is 4.79 Å². The van der Waals surface area contributed by atoms with Gasteiger partial charge in [0.15, 0.2) is 0 Å². The van der Waals surface area contributed by atoms with Crippen molar-refractivity contribution in [2.45, 2.75) is 37.5 Å². The first kappa shape index (κ1) is 21.5. The number of carbonyl (C=O) groups is 1. The Morgan fingerprint density at radius 2 is 0.844 bits per heavy atom. The van der Waals surface area contributed by atoms with Crippen molar-refractivity contribution in [1.29, 1.82) is 0 Å². The lowest BCUT2D eigenvalue weighted by atomic mass is 9.79. The normalized spacial score (nSPS) is 12.8. The van der Waals surface area contributed by atoms with Crippen molar-refractivity contribution in [3.05, 3.63) is 120 Å². The van der Waals surface area contributed by atoms with Crippen molar-refractivity contribution in [3.63, 3.8) is 0 Å². The van der Waals surface area contributed by atoms with Crippen molar-refractivity contribution in [2.24, 2.45) is 0 Å². The molecule has 4 rings (SSSR count). The summed E-state index contributed by atoms with van der Waals surface area (Å²) < 4.78 is 0. The Labute approximate surface area is 188 Å². The minimum Gasteiger partial charge on any atom is -0.298 e. The lowest BCUT2D eigenvalue weighted by molar-refractivity contribution is -0.122. The number of hydrogen-bond acceptors (Lipinski definition) is 5. The van der Waals surface area contributed by atoms with Gasteiger partial charge in [0.1, 0.15) is 5.78 Å². The summed E-state index contributed by atoms with van der Waals surface area (Å²) in [6, 6.07) is 15.9. The monoisotopic (exact) mass is 422 g/mol. The van der Waals surface area contributed by atoms with E-state index >= 15 is 0 Å². The zero-order valence-corrected chi connectivity index (χ0v) is 17.9. The van der Waals surface area contributed by atoms with Gasteiger partial charge in [-0.25, -0.2) is 0 Å². The fourth-order valence-electron chi connectivity index (χ4n) is 4.10. The summed E-state index contributed by atoms with van der Waals surface area (Å²) in [4.78, 5) is 30.5. The predicted octanol–water partition coefficient (Wildman–Crippen LogP) is 4.97. The van der Waals surface area contributed by atoms with Crippen LogP contribution in [-0.2, 0) is 17.6 Å². The number of aromatic nitrogens is 4. The number of rotatable bonds is 10. The number of ketones is 1. The summed E-state index contributed by atoms with van der Waals surface area (Å²) >= 11 is 0. The van der Waals surface area contributed by atoms with Crippen LogP contribution in [0.1, 0.15) is 46.9 Å². The third kappa shape index (κ3) is 5.70. The molecule has 0 saturated heterocycles. The van der Waals surface area contributed by atoms with Crippen molar-refractivity contribution in [2.75, 3.05) is 0 Å². The number of hydrogen-bond donors (Lipinski definition) is 0. The standard InChI is InChI=1S/C27H26N4O/c32-27(25(23-9-17-30-18-10-23)3-1-21-5-13-28-14-6-21)26(24-11-19-31-20-12-24)4-2-22-7-15-29-16-8-22/h5-20,25-26H,1-4H2. The van der Waals surface area contributed by atoms with Gasteiger partial charge in [-0.15, -0.1) is 0 Å². The van der Waals surface area contributed by atoms with E-state index in [-0.39, 0.29) is 17.6 Å². The van der Waals surface area contributed by atoms with Gasteiger partial charge in [0.05, 0.1) is 0 Å². The molecular weight excluding hydrogens is 396 g/mol. The number of pyridine rings is 4. The van der Waals surface area contributed by atoms with Crippen LogP contribution in [0.25, 0.3) is 0 Å². The molecular formula is C27H26N4O. The van der Waals surface area contributed by atoms with E-state index < -0.39 is 0 Å². The lowest BCUT2D eigenvalue weighted by Crippen LogP contribution is -2.22. The number of carbonyl (C=O) groups excluding carboxylic acids is 1. The highest BCUT2D eigenvalue weighted by Gasteiger charge is 2.29. The average Bonchev–Trinajstić information content (AvgIpc) is 2.87. The highest BCUT2D eigenvalue weighted by Crippen LogP contribution is 2.32. The van der Waals surface area contributed by atoms with Crippen molar-refractivity contribution < 1.29 is 4.79 Å². The molecule has 0 aliphatic rings. The van der Waals surface area contributed by atoms with Gasteiger partial charge in [0.2, 0.25) is 0 Å². The van der Waals surface area contributed by atoms with Crippen LogP contribution >= 0.6 is 0 Å². The maximum Gasteiger partial charge on any atom is 0.147 e. The van der Waals surface area contributed by atoms with Crippen LogP contribution in [-0.4, -0.2) is 25.7 Å². The zero-order chi connectivity index (χ0) is 22.0. The SMILES string of the molecule is O=C(C(CCc1ccncc1)c1ccncc1)C(CCc1ccncc1)c1ccncc1. The molecule has 160 valence electrons. The molecule has 5 nitrogen and oxygen atoms in total. The van der Waals surface area contributed by atoms with Crippen LogP contribution in [0.15, 0.2) is 98.1 Å². The first-order valence-corrected chi connectivity index (χ1v) is 10.9. The summed E-state index contributed by atoms with van der Waals surface area (Å²) in [7, 11) is 0. The third-order valence-corrected chi connectivity index (χ3v) is 5.85. The van der Waals surface area contributed by atoms with Crippen molar-refractivity contribution in [1.82, 2.24) is 19.9 Å². The van der Waals surface area contributed by atoms with Crippen LogP contribution in [0.2, 0.25) is 0 Å². The van der Waals surface area contributed by atoms with Crippen molar-refractivity contribution >= 4 is 5.78 Å². The minimum atomic E-state index is -0.207. The van der Waals surface area contributed by atoms with Crippen LogP contribution in [0.3, 0.4) is 0 Å².